The van der Waals surface area contributed by atoms with E-state index in [0.717, 1.165) is 30.9 Å². The lowest BCUT2D eigenvalue weighted by atomic mass is 10.1. The number of benzene rings is 2. The summed E-state index contributed by atoms with van der Waals surface area (Å²) >= 11 is 0. The highest BCUT2D eigenvalue weighted by atomic mass is 16.5. The number of imide groups is 1. The van der Waals surface area contributed by atoms with Crippen molar-refractivity contribution < 1.29 is 19.4 Å². The van der Waals surface area contributed by atoms with E-state index >= 15 is 0 Å². The first-order chi connectivity index (χ1) is 14.6. The monoisotopic (exact) mass is 409 g/mol. The van der Waals surface area contributed by atoms with Crippen molar-refractivity contribution in [1.29, 1.82) is 0 Å². The molecule has 2 amide bonds. The molecule has 0 saturated carbocycles. The summed E-state index contributed by atoms with van der Waals surface area (Å²) in [6.45, 7) is 5.64. The molecule has 2 heterocycles. The van der Waals surface area contributed by atoms with Gasteiger partial charge in [-0.15, -0.1) is 0 Å². The van der Waals surface area contributed by atoms with E-state index in [2.05, 4.69) is 9.80 Å². The second kappa shape index (κ2) is 8.75. The highest BCUT2D eigenvalue weighted by molar-refractivity contribution is 6.22. The summed E-state index contributed by atoms with van der Waals surface area (Å²) in [5, 5.41) is 9.46. The van der Waals surface area contributed by atoms with E-state index in [9.17, 15) is 14.7 Å². The first-order valence-corrected chi connectivity index (χ1v) is 10.4. The molecule has 158 valence electrons. The summed E-state index contributed by atoms with van der Waals surface area (Å²) in [5.74, 6) is 0.674. The summed E-state index contributed by atoms with van der Waals surface area (Å²) in [6, 6.07) is 13.9. The predicted molar refractivity (Wildman–Crippen MR) is 115 cm³/mol. The van der Waals surface area contributed by atoms with Crippen LogP contribution in [0.1, 0.15) is 19.8 Å². The van der Waals surface area contributed by atoms with Gasteiger partial charge in [-0.2, -0.15) is 0 Å². The third kappa shape index (κ3) is 4.11. The Morgan fingerprint density at radius 3 is 2.20 bits per heavy atom. The Bertz CT molecular complexity index is 890. The van der Waals surface area contributed by atoms with E-state index in [4.69, 9.17) is 4.74 Å². The molecule has 7 heteroatoms. The maximum atomic E-state index is 13.1. The average molecular weight is 409 g/mol. The smallest absolute Gasteiger partial charge is 0.251 e. The van der Waals surface area contributed by atoms with Crippen molar-refractivity contribution in [3.63, 3.8) is 0 Å². The van der Waals surface area contributed by atoms with Crippen LogP contribution in [0.3, 0.4) is 0 Å². The number of phenols is 1. The molecule has 2 aliphatic heterocycles. The summed E-state index contributed by atoms with van der Waals surface area (Å²) in [6.07, 6.45) is 1.14. The van der Waals surface area contributed by atoms with Gasteiger partial charge in [0, 0.05) is 31.9 Å². The molecule has 1 N–H and O–H groups in total. The fourth-order valence-corrected chi connectivity index (χ4v) is 4.04. The number of hydrogen-bond acceptors (Lipinski definition) is 6. The molecule has 0 spiro atoms. The van der Waals surface area contributed by atoms with Gasteiger partial charge in [0.1, 0.15) is 11.5 Å². The van der Waals surface area contributed by atoms with Gasteiger partial charge in [-0.25, -0.2) is 4.90 Å². The van der Waals surface area contributed by atoms with E-state index in [1.807, 2.05) is 19.1 Å². The minimum Gasteiger partial charge on any atom is -0.508 e. The third-order valence-electron chi connectivity index (χ3n) is 5.66. The van der Waals surface area contributed by atoms with E-state index < -0.39 is 6.04 Å². The second-order valence-electron chi connectivity index (χ2n) is 7.67. The molecular weight excluding hydrogens is 382 g/mol. The molecule has 2 aromatic rings. The first-order valence-electron chi connectivity index (χ1n) is 10.4. The number of nitrogens with zero attached hydrogens (tertiary/aromatic N) is 3. The fourth-order valence-electron chi connectivity index (χ4n) is 4.04. The zero-order valence-corrected chi connectivity index (χ0v) is 17.2. The Morgan fingerprint density at radius 1 is 0.933 bits per heavy atom. The quantitative estimate of drug-likeness (QED) is 0.740. The van der Waals surface area contributed by atoms with Crippen LogP contribution in [0.2, 0.25) is 0 Å². The molecule has 7 nitrogen and oxygen atoms in total. The number of piperazine rings is 1. The van der Waals surface area contributed by atoms with Gasteiger partial charge in [-0.3, -0.25) is 14.5 Å². The number of carbonyl (C=O) groups is 2. The SMILES string of the molecule is CCCOc1ccc(N2C(=O)C[C@@H](N3CCN(c4ccc(O)cc4)CC3)C2=O)cc1. The maximum Gasteiger partial charge on any atom is 0.251 e. The number of phenolic OH excluding ortho intramolecular Hbond substituents is 1. The van der Waals surface area contributed by atoms with Crippen LogP contribution in [0.25, 0.3) is 0 Å². The molecule has 2 fully saturated rings. The van der Waals surface area contributed by atoms with Crippen LogP contribution in [0, 0.1) is 0 Å². The van der Waals surface area contributed by atoms with Crippen LogP contribution in [-0.2, 0) is 9.59 Å². The lowest BCUT2D eigenvalue weighted by molar-refractivity contribution is -0.123. The average Bonchev–Trinajstić information content (AvgIpc) is 3.07. The van der Waals surface area contributed by atoms with Crippen LogP contribution in [-0.4, -0.2) is 60.6 Å². The number of hydrogen-bond donors (Lipinski definition) is 1. The Kier molecular flexibility index (Phi) is 5.90. The van der Waals surface area contributed by atoms with Crippen molar-refractivity contribution in [2.75, 3.05) is 42.6 Å². The topological polar surface area (TPSA) is 73.3 Å². The summed E-state index contributed by atoms with van der Waals surface area (Å²) in [7, 11) is 0. The van der Waals surface area contributed by atoms with Crippen molar-refractivity contribution in [1.82, 2.24) is 4.90 Å². The second-order valence-corrected chi connectivity index (χ2v) is 7.67. The molecule has 4 rings (SSSR count). The molecule has 0 aromatic heterocycles. The lowest BCUT2D eigenvalue weighted by Crippen LogP contribution is -2.52. The van der Waals surface area contributed by atoms with Crippen LogP contribution < -0.4 is 14.5 Å². The highest BCUT2D eigenvalue weighted by Crippen LogP contribution is 2.28. The minimum absolute atomic E-state index is 0.152. The van der Waals surface area contributed by atoms with Crippen molar-refractivity contribution in [2.45, 2.75) is 25.8 Å². The Balaban J connectivity index is 1.39. The molecule has 0 unspecified atom stereocenters. The molecule has 2 saturated heterocycles. The molecule has 2 aliphatic rings. The predicted octanol–water partition coefficient (Wildman–Crippen LogP) is 2.64. The van der Waals surface area contributed by atoms with Gasteiger partial charge in [-0.1, -0.05) is 6.92 Å². The van der Waals surface area contributed by atoms with Gasteiger partial charge in [0.2, 0.25) is 5.91 Å². The maximum absolute atomic E-state index is 13.1. The van der Waals surface area contributed by atoms with Crippen molar-refractivity contribution in [3.8, 4) is 11.5 Å². The Hall–Kier alpha value is -3.06. The minimum atomic E-state index is -0.407. The van der Waals surface area contributed by atoms with E-state index in [1.165, 1.54) is 4.90 Å². The fraction of sp³-hybridized carbons (Fsp3) is 0.391. The molecular formula is C23H27N3O4. The summed E-state index contributed by atoms with van der Waals surface area (Å²) < 4.78 is 5.58. The van der Waals surface area contributed by atoms with Crippen molar-refractivity contribution >= 4 is 23.2 Å². The molecule has 0 bridgehead atoms. The van der Waals surface area contributed by atoms with Crippen LogP contribution in [0.15, 0.2) is 48.5 Å². The van der Waals surface area contributed by atoms with E-state index in [1.54, 1.807) is 36.4 Å². The number of carbonyl (C=O) groups excluding carboxylic acids is 2. The number of amides is 2. The van der Waals surface area contributed by atoms with E-state index in [-0.39, 0.29) is 24.0 Å². The van der Waals surface area contributed by atoms with Gasteiger partial charge >= 0.3 is 0 Å². The van der Waals surface area contributed by atoms with Crippen LogP contribution in [0.5, 0.6) is 11.5 Å². The Labute approximate surface area is 176 Å². The first kappa shape index (κ1) is 20.2. The standard InChI is InChI=1S/C23H27N3O4/c1-2-15-30-20-9-5-18(6-10-20)26-22(28)16-21(23(26)29)25-13-11-24(12-14-25)17-3-7-19(27)8-4-17/h3-10,21,27H,2,11-16H2,1H3/t21-/m1/s1. The molecule has 1 atom stereocenters. The largest absolute Gasteiger partial charge is 0.508 e. The summed E-state index contributed by atoms with van der Waals surface area (Å²) in [5.41, 5.74) is 1.65. The van der Waals surface area contributed by atoms with Gasteiger partial charge in [0.25, 0.3) is 5.91 Å². The molecule has 0 radical (unpaired) electrons. The number of aromatic hydroxyl groups is 1. The third-order valence-corrected chi connectivity index (χ3v) is 5.66. The Morgan fingerprint density at radius 2 is 1.57 bits per heavy atom. The van der Waals surface area contributed by atoms with Crippen LogP contribution in [0.4, 0.5) is 11.4 Å². The normalized spacial score (nSPS) is 20.1. The van der Waals surface area contributed by atoms with Gasteiger partial charge in [0.05, 0.1) is 24.8 Å². The zero-order chi connectivity index (χ0) is 21.1. The van der Waals surface area contributed by atoms with E-state index in [0.29, 0.717) is 25.4 Å². The number of anilines is 2. The van der Waals surface area contributed by atoms with Gasteiger partial charge in [-0.05, 0) is 55.0 Å². The van der Waals surface area contributed by atoms with Gasteiger partial charge in [0.15, 0.2) is 0 Å². The number of rotatable bonds is 6. The molecule has 2 aromatic carbocycles. The lowest BCUT2D eigenvalue weighted by Gasteiger charge is -2.38. The molecule has 0 aliphatic carbocycles. The highest BCUT2D eigenvalue weighted by Gasteiger charge is 2.43. The van der Waals surface area contributed by atoms with Crippen LogP contribution >= 0.6 is 0 Å². The zero-order valence-electron chi connectivity index (χ0n) is 17.2. The molecule has 30 heavy (non-hydrogen) atoms. The number of ether oxygens (including phenoxy) is 1. The van der Waals surface area contributed by atoms with Crippen molar-refractivity contribution in [2.24, 2.45) is 0 Å². The van der Waals surface area contributed by atoms with Gasteiger partial charge < -0.3 is 14.7 Å². The summed E-state index contributed by atoms with van der Waals surface area (Å²) in [4.78, 5) is 31.3. The van der Waals surface area contributed by atoms with Crippen molar-refractivity contribution in [3.05, 3.63) is 48.5 Å².